The highest BCUT2D eigenvalue weighted by molar-refractivity contribution is 5.94. The van der Waals surface area contributed by atoms with Gasteiger partial charge in [-0.1, -0.05) is 32.0 Å². The van der Waals surface area contributed by atoms with Gasteiger partial charge in [-0.15, -0.1) is 0 Å². The van der Waals surface area contributed by atoms with Crippen molar-refractivity contribution in [2.24, 2.45) is 5.92 Å². The van der Waals surface area contributed by atoms with Crippen molar-refractivity contribution in [1.29, 1.82) is 0 Å². The van der Waals surface area contributed by atoms with E-state index in [0.717, 1.165) is 23.9 Å². The zero-order valence-corrected chi connectivity index (χ0v) is 20.5. The summed E-state index contributed by atoms with van der Waals surface area (Å²) in [6.45, 7) is 3.80. The average Bonchev–Trinajstić information content (AvgIpc) is 3.52. The molecule has 2 aromatic rings. The molecule has 3 rings (SSSR count). The number of carboxylic acids is 1. The fourth-order valence-electron chi connectivity index (χ4n) is 4.34. The molecule has 1 aliphatic rings. The molecule has 0 spiro atoms. The summed E-state index contributed by atoms with van der Waals surface area (Å²) in [6.07, 6.45) is 3.59. The summed E-state index contributed by atoms with van der Waals surface area (Å²) in [4.78, 5) is 53.3. The lowest BCUT2D eigenvalue weighted by Gasteiger charge is -2.25. The van der Waals surface area contributed by atoms with Crippen molar-refractivity contribution in [3.63, 3.8) is 0 Å². The van der Waals surface area contributed by atoms with Crippen LogP contribution in [0.15, 0.2) is 30.5 Å². The van der Waals surface area contributed by atoms with Gasteiger partial charge in [-0.3, -0.25) is 14.4 Å². The minimum Gasteiger partial charge on any atom is -0.480 e. The van der Waals surface area contributed by atoms with Crippen molar-refractivity contribution in [3.8, 4) is 0 Å². The van der Waals surface area contributed by atoms with Gasteiger partial charge < -0.3 is 36.5 Å². The Bertz CT molecular complexity index is 1080. The van der Waals surface area contributed by atoms with E-state index in [9.17, 15) is 29.4 Å². The Morgan fingerprint density at radius 1 is 1.03 bits per heavy atom. The number of carbonyl (C=O) groups is 4. The summed E-state index contributed by atoms with van der Waals surface area (Å²) in [5.74, 6) is -2.90. The molecular formula is C25H35N5O6. The van der Waals surface area contributed by atoms with Crippen molar-refractivity contribution in [1.82, 2.24) is 26.3 Å². The number of amides is 3. The quantitative estimate of drug-likeness (QED) is 0.215. The number of benzene rings is 1. The van der Waals surface area contributed by atoms with Crippen LogP contribution in [0.3, 0.4) is 0 Å². The minimum atomic E-state index is -1.38. The Morgan fingerprint density at radius 3 is 2.36 bits per heavy atom. The van der Waals surface area contributed by atoms with Crippen LogP contribution < -0.4 is 21.3 Å². The van der Waals surface area contributed by atoms with E-state index in [1.165, 1.54) is 0 Å². The van der Waals surface area contributed by atoms with Gasteiger partial charge in [0.1, 0.15) is 18.1 Å². The first-order valence-electron chi connectivity index (χ1n) is 12.2. The SMILES string of the molecule is CC(C)CC(NC(=O)C1CCCN1)C(=O)NC(CO)C(=O)NC(Cc1c[nH]c2ccccc12)C(=O)O. The van der Waals surface area contributed by atoms with Crippen LogP contribution >= 0.6 is 0 Å². The summed E-state index contributed by atoms with van der Waals surface area (Å²) in [7, 11) is 0. The summed E-state index contributed by atoms with van der Waals surface area (Å²) in [5.41, 5.74) is 1.55. The van der Waals surface area contributed by atoms with E-state index in [1.54, 1.807) is 6.20 Å². The third-order valence-corrected chi connectivity index (χ3v) is 6.25. The number of rotatable bonds is 12. The number of aliphatic hydroxyl groups excluding tert-OH is 1. The van der Waals surface area contributed by atoms with Gasteiger partial charge in [-0.05, 0) is 43.4 Å². The highest BCUT2D eigenvalue weighted by Crippen LogP contribution is 2.19. The molecule has 0 aliphatic carbocycles. The predicted molar refractivity (Wildman–Crippen MR) is 133 cm³/mol. The molecule has 11 nitrogen and oxygen atoms in total. The van der Waals surface area contributed by atoms with Gasteiger partial charge >= 0.3 is 5.97 Å². The third-order valence-electron chi connectivity index (χ3n) is 6.25. The molecule has 4 atom stereocenters. The number of fused-ring (bicyclic) bond motifs is 1. The summed E-state index contributed by atoms with van der Waals surface area (Å²) < 4.78 is 0. The summed E-state index contributed by atoms with van der Waals surface area (Å²) in [5, 5.41) is 31.0. The minimum absolute atomic E-state index is 0.0115. The van der Waals surface area contributed by atoms with Crippen LogP contribution in [-0.4, -0.2) is 76.2 Å². The fourth-order valence-corrected chi connectivity index (χ4v) is 4.34. The molecule has 11 heteroatoms. The van der Waals surface area contributed by atoms with Gasteiger partial charge in [-0.2, -0.15) is 0 Å². The lowest BCUT2D eigenvalue weighted by atomic mass is 10.0. The van der Waals surface area contributed by atoms with Gasteiger partial charge in [0.2, 0.25) is 17.7 Å². The van der Waals surface area contributed by atoms with Gasteiger partial charge in [0.15, 0.2) is 0 Å². The lowest BCUT2D eigenvalue weighted by molar-refractivity contribution is -0.142. The number of aliphatic hydroxyl groups is 1. The normalized spacial score (nSPS) is 17.9. The number of aliphatic carboxylic acids is 1. The van der Waals surface area contributed by atoms with Crippen LogP contribution in [0.5, 0.6) is 0 Å². The van der Waals surface area contributed by atoms with Crippen molar-refractivity contribution in [2.75, 3.05) is 13.2 Å². The highest BCUT2D eigenvalue weighted by atomic mass is 16.4. The van der Waals surface area contributed by atoms with Crippen molar-refractivity contribution >= 4 is 34.6 Å². The van der Waals surface area contributed by atoms with E-state index in [4.69, 9.17) is 0 Å². The topological polar surface area (TPSA) is 173 Å². The van der Waals surface area contributed by atoms with Gasteiger partial charge in [0.25, 0.3) is 0 Å². The summed E-state index contributed by atoms with van der Waals surface area (Å²) >= 11 is 0. The van der Waals surface area contributed by atoms with Gasteiger partial charge in [-0.25, -0.2) is 4.79 Å². The Kier molecular flexibility index (Phi) is 9.43. The molecule has 4 unspecified atom stereocenters. The predicted octanol–water partition coefficient (Wildman–Crippen LogP) is 0.0398. The molecule has 1 saturated heterocycles. The number of carbonyl (C=O) groups excluding carboxylic acids is 3. The second-order valence-corrected chi connectivity index (χ2v) is 9.55. The summed E-state index contributed by atoms with van der Waals surface area (Å²) in [6, 6.07) is 3.48. The monoisotopic (exact) mass is 501 g/mol. The van der Waals surface area contributed by atoms with Crippen LogP contribution in [0.4, 0.5) is 0 Å². The number of H-pyrrole nitrogens is 1. The molecular weight excluding hydrogens is 466 g/mol. The standard InChI is InChI=1S/C25H35N5O6/c1-14(2)10-19(28-22(32)18-8-5-9-26-18)23(33)30-21(13-31)24(34)29-20(25(35)36)11-15-12-27-17-7-4-3-6-16(15)17/h3-4,6-7,12,14,18-21,26-27,31H,5,8-11,13H2,1-2H3,(H,28,32)(H,29,34)(H,30,33)(H,35,36). The van der Waals surface area contributed by atoms with E-state index >= 15 is 0 Å². The van der Waals surface area contributed by atoms with Crippen molar-refractivity contribution < 1.29 is 29.4 Å². The Hall–Kier alpha value is -3.44. The number of aromatic amines is 1. The first-order chi connectivity index (χ1) is 17.2. The molecule has 3 amide bonds. The van der Waals surface area contributed by atoms with Gasteiger partial charge in [0, 0.05) is 23.5 Å². The third kappa shape index (κ3) is 7.05. The number of carboxylic acid groups (broad SMARTS) is 1. The van der Waals surface area contributed by atoms with Crippen LogP contribution in [0, 0.1) is 5.92 Å². The molecule has 7 N–H and O–H groups in total. The highest BCUT2D eigenvalue weighted by Gasteiger charge is 2.31. The fraction of sp³-hybridized carbons (Fsp3) is 0.520. The Morgan fingerprint density at radius 2 is 1.72 bits per heavy atom. The lowest BCUT2D eigenvalue weighted by Crippen LogP contribution is -2.58. The zero-order valence-electron chi connectivity index (χ0n) is 20.5. The van der Waals surface area contributed by atoms with Crippen molar-refractivity contribution in [2.45, 2.75) is 63.7 Å². The molecule has 1 aromatic heterocycles. The first kappa shape index (κ1) is 27.2. The number of nitrogens with one attached hydrogen (secondary N) is 5. The molecule has 36 heavy (non-hydrogen) atoms. The molecule has 0 bridgehead atoms. The van der Waals surface area contributed by atoms with Crippen LogP contribution in [0.2, 0.25) is 0 Å². The average molecular weight is 502 g/mol. The van der Waals surface area contributed by atoms with E-state index in [0.29, 0.717) is 18.4 Å². The molecule has 1 fully saturated rings. The maximum absolute atomic E-state index is 13.0. The first-order valence-corrected chi connectivity index (χ1v) is 12.2. The molecule has 0 radical (unpaired) electrons. The van der Waals surface area contributed by atoms with E-state index in [1.807, 2.05) is 38.1 Å². The zero-order chi connectivity index (χ0) is 26.2. The van der Waals surface area contributed by atoms with Crippen LogP contribution in [0.1, 0.15) is 38.7 Å². The van der Waals surface area contributed by atoms with Crippen LogP contribution in [-0.2, 0) is 25.6 Å². The van der Waals surface area contributed by atoms with Gasteiger partial charge in [0.05, 0.1) is 12.6 Å². The van der Waals surface area contributed by atoms with Crippen LogP contribution in [0.25, 0.3) is 10.9 Å². The Balaban J connectivity index is 1.65. The second kappa shape index (κ2) is 12.5. The Labute approximate surface area is 209 Å². The molecule has 1 aliphatic heterocycles. The maximum atomic E-state index is 13.0. The molecule has 196 valence electrons. The van der Waals surface area contributed by atoms with E-state index in [-0.39, 0.29) is 24.3 Å². The second-order valence-electron chi connectivity index (χ2n) is 9.55. The number of hydrogen-bond donors (Lipinski definition) is 7. The maximum Gasteiger partial charge on any atom is 0.326 e. The smallest absolute Gasteiger partial charge is 0.326 e. The molecule has 0 saturated carbocycles. The molecule has 1 aromatic carbocycles. The molecule has 2 heterocycles. The van der Waals surface area contributed by atoms with E-state index in [2.05, 4.69) is 26.3 Å². The number of para-hydroxylation sites is 1. The van der Waals surface area contributed by atoms with Crippen molar-refractivity contribution in [3.05, 3.63) is 36.0 Å². The number of hydrogen-bond acceptors (Lipinski definition) is 6. The number of aromatic nitrogens is 1. The van der Waals surface area contributed by atoms with E-state index < -0.39 is 42.5 Å². The largest absolute Gasteiger partial charge is 0.480 e.